The molecule has 1 amide bonds. The van der Waals surface area contributed by atoms with Crippen molar-refractivity contribution in [3.63, 3.8) is 0 Å². The van der Waals surface area contributed by atoms with Crippen molar-refractivity contribution in [2.75, 3.05) is 30.7 Å². The molecule has 2 rings (SSSR count). The predicted octanol–water partition coefficient (Wildman–Crippen LogP) is 1.83. The molecule has 0 spiro atoms. The van der Waals surface area contributed by atoms with Gasteiger partial charge in [-0.2, -0.15) is 0 Å². The summed E-state index contributed by atoms with van der Waals surface area (Å²) in [5.74, 6) is 0.00826. The van der Waals surface area contributed by atoms with Crippen LogP contribution in [0.5, 0.6) is 0 Å². The van der Waals surface area contributed by atoms with E-state index in [9.17, 15) is 4.79 Å². The van der Waals surface area contributed by atoms with Gasteiger partial charge in [-0.15, -0.1) is 0 Å². The molecule has 1 aliphatic rings. The van der Waals surface area contributed by atoms with Crippen LogP contribution in [-0.2, 0) is 4.79 Å². The van der Waals surface area contributed by atoms with Gasteiger partial charge in [-0.25, -0.2) is 0 Å². The van der Waals surface area contributed by atoms with E-state index in [0.717, 1.165) is 25.2 Å². The minimum absolute atomic E-state index is 0.00826. The van der Waals surface area contributed by atoms with Crippen LogP contribution in [0.25, 0.3) is 0 Å². The fourth-order valence-corrected chi connectivity index (χ4v) is 2.59. The summed E-state index contributed by atoms with van der Waals surface area (Å²) in [5.41, 5.74) is 7.08. The van der Waals surface area contributed by atoms with Gasteiger partial charge in [0.1, 0.15) is 0 Å². The number of aliphatic hydroxyl groups is 1. The Hall–Kier alpha value is -1.59. The van der Waals surface area contributed by atoms with Crippen LogP contribution >= 0.6 is 0 Å². The summed E-state index contributed by atoms with van der Waals surface area (Å²) in [6, 6.07) is 7.81. The molecule has 1 saturated carbocycles. The number of rotatable bonds is 8. The molecule has 21 heavy (non-hydrogen) atoms. The maximum atomic E-state index is 12.0. The van der Waals surface area contributed by atoms with Crippen molar-refractivity contribution in [2.24, 2.45) is 0 Å². The number of anilines is 2. The first-order chi connectivity index (χ1) is 10.2. The highest BCUT2D eigenvalue weighted by atomic mass is 16.3. The van der Waals surface area contributed by atoms with Gasteiger partial charge in [0.15, 0.2) is 0 Å². The van der Waals surface area contributed by atoms with Crippen LogP contribution < -0.4 is 11.1 Å². The van der Waals surface area contributed by atoms with E-state index in [-0.39, 0.29) is 12.5 Å². The lowest BCUT2D eigenvalue weighted by molar-refractivity contribution is -0.116. The summed E-state index contributed by atoms with van der Waals surface area (Å²) in [4.78, 5) is 14.3. The topological polar surface area (TPSA) is 78.6 Å². The maximum absolute atomic E-state index is 12.0. The number of hydrogen-bond acceptors (Lipinski definition) is 4. The molecule has 0 aliphatic heterocycles. The molecule has 1 aromatic carbocycles. The van der Waals surface area contributed by atoms with Crippen molar-refractivity contribution < 1.29 is 9.90 Å². The molecule has 5 heteroatoms. The number of aliphatic hydroxyl groups excluding tert-OH is 1. The lowest BCUT2D eigenvalue weighted by atomic mass is 9.91. The van der Waals surface area contributed by atoms with Crippen molar-refractivity contribution in [1.82, 2.24) is 4.90 Å². The van der Waals surface area contributed by atoms with Gasteiger partial charge in [0.25, 0.3) is 0 Å². The second kappa shape index (κ2) is 8.00. The summed E-state index contributed by atoms with van der Waals surface area (Å²) in [5, 5.41) is 11.8. The van der Waals surface area contributed by atoms with Gasteiger partial charge in [-0.1, -0.05) is 12.5 Å². The van der Waals surface area contributed by atoms with E-state index in [2.05, 4.69) is 10.2 Å². The predicted molar refractivity (Wildman–Crippen MR) is 85.0 cm³/mol. The molecule has 0 radical (unpaired) electrons. The van der Waals surface area contributed by atoms with Gasteiger partial charge >= 0.3 is 0 Å². The number of hydrogen-bond donors (Lipinski definition) is 3. The minimum atomic E-state index is 0.00826. The first-order valence-electron chi connectivity index (χ1n) is 7.69. The first kappa shape index (κ1) is 15.8. The first-order valence-corrected chi connectivity index (χ1v) is 7.69. The molecule has 0 bridgehead atoms. The molecule has 116 valence electrons. The van der Waals surface area contributed by atoms with Crippen LogP contribution in [-0.4, -0.2) is 41.7 Å². The molecular weight excluding hydrogens is 266 g/mol. The lowest BCUT2D eigenvalue weighted by Crippen LogP contribution is -2.42. The Bertz CT molecular complexity index is 461. The zero-order valence-corrected chi connectivity index (χ0v) is 12.4. The van der Waals surface area contributed by atoms with Crippen molar-refractivity contribution in [3.05, 3.63) is 24.3 Å². The van der Waals surface area contributed by atoms with Gasteiger partial charge in [0.2, 0.25) is 5.91 Å². The molecule has 1 aliphatic carbocycles. The van der Waals surface area contributed by atoms with Crippen molar-refractivity contribution in [3.8, 4) is 0 Å². The molecule has 0 unspecified atom stereocenters. The Labute approximate surface area is 126 Å². The van der Waals surface area contributed by atoms with E-state index in [1.807, 2.05) is 12.1 Å². The second-order valence-corrected chi connectivity index (χ2v) is 5.62. The normalized spacial score (nSPS) is 15.0. The van der Waals surface area contributed by atoms with Crippen LogP contribution in [0.15, 0.2) is 24.3 Å². The summed E-state index contributed by atoms with van der Waals surface area (Å²) < 4.78 is 0. The van der Waals surface area contributed by atoms with Crippen LogP contribution in [0, 0.1) is 0 Å². The number of carbonyl (C=O) groups excluding carboxylic acids is 1. The fraction of sp³-hybridized carbons (Fsp3) is 0.562. The Morgan fingerprint density at radius 2 is 2.19 bits per heavy atom. The zero-order valence-electron chi connectivity index (χ0n) is 12.4. The molecule has 0 atom stereocenters. The molecule has 1 aromatic rings. The molecule has 0 saturated heterocycles. The summed E-state index contributed by atoms with van der Waals surface area (Å²) >= 11 is 0. The summed E-state index contributed by atoms with van der Waals surface area (Å²) in [7, 11) is 0. The summed E-state index contributed by atoms with van der Waals surface area (Å²) in [6.45, 7) is 1.82. The molecule has 4 N–H and O–H groups in total. The van der Waals surface area contributed by atoms with E-state index in [4.69, 9.17) is 10.8 Å². The SMILES string of the molecule is Nc1cccc(NC(=O)CCN(CCCO)C2CCC2)c1. The fourth-order valence-electron chi connectivity index (χ4n) is 2.59. The van der Waals surface area contributed by atoms with Crippen LogP contribution in [0.3, 0.4) is 0 Å². The Kier molecular flexibility index (Phi) is 6.02. The number of benzene rings is 1. The molecule has 0 aromatic heterocycles. The Morgan fingerprint density at radius 1 is 1.38 bits per heavy atom. The smallest absolute Gasteiger partial charge is 0.225 e. The average Bonchev–Trinajstić information content (AvgIpc) is 2.39. The van der Waals surface area contributed by atoms with Crippen LogP contribution in [0.1, 0.15) is 32.1 Å². The lowest BCUT2D eigenvalue weighted by Gasteiger charge is -2.37. The highest BCUT2D eigenvalue weighted by Crippen LogP contribution is 2.25. The van der Waals surface area contributed by atoms with Gasteiger partial charge in [0, 0.05) is 43.5 Å². The molecule has 0 heterocycles. The van der Waals surface area contributed by atoms with Crippen LogP contribution in [0.4, 0.5) is 11.4 Å². The Morgan fingerprint density at radius 3 is 2.81 bits per heavy atom. The zero-order chi connectivity index (χ0) is 15.1. The molecule has 1 fully saturated rings. The quantitative estimate of drug-likeness (QED) is 0.639. The highest BCUT2D eigenvalue weighted by Gasteiger charge is 2.24. The standard InChI is InChI=1S/C16H25N3O2/c17-13-4-1-5-14(12-13)18-16(21)8-10-19(9-3-11-20)15-6-2-7-15/h1,4-5,12,15,20H,2-3,6-11,17H2,(H,18,21). The van der Waals surface area contributed by atoms with Gasteiger partial charge in [-0.05, 0) is 37.5 Å². The van der Waals surface area contributed by atoms with Crippen molar-refractivity contribution >= 4 is 17.3 Å². The van der Waals surface area contributed by atoms with Gasteiger partial charge in [0.05, 0.1) is 0 Å². The number of nitrogen functional groups attached to an aromatic ring is 1. The third-order valence-electron chi connectivity index (χ3n) is 3.99. The number of nitrogens with one attached hydrogen (secondary N) is 1. The summed E-state index contributed by atoms with van der Waals surface area (Å²) in [6.07, 6.45) is 4.93. The average molecular weight is 291 g/mol. The monoisotopic (exact) mass is 291 g/mol. The third-order valence-corrected chi connectivity index (χ3v) is 3.99. The highest BCUT2D eigenvalue weighted by molar-refractivity contribution is 5.91. The van der Waals surface area contributed by atoms with Crippen molar-refractivity contribution in [2.45, 2.75) is 38.1 Å². The Balaban J connectivity index is 1.78. The van der Waals surface area contributed by atoms with Gasteiger partial charge < -0.3 is 16.2 Å². The number of amides is 1. The number of nitrogens with zero attached hydrogens (tertiary/aromatic N) is 1. The van der Waals surface area contributed by atoms with Crippen LogP contribution in [0.2, 0.25) is 0 Å². The largest absolute Gasteiger partial charge is 0.399 e. The third kappa shape index (κ3) is 5.02. The maximum Gasteiger partial charge on any atom is 0.225 e. The van der Waals surface area contributed by atoms with E-state index in [1.54, 1.807) is 12.1 Å². The van der Waals surface area contributed by atoms with E-state index >= 15 is 0 Å². The van der Waals surface area contributed by atoms with Crippen molar-refractivity contribution in [1.29, 1.82) is 0 Å². The van der Waals surface area contributed by atoms with E-state index in [0.29, 0.717) is 18.2 Å². The molecular formula is C16H25N3O2. The molecule has 5 nitrogen and oxygen atoms in total. The number of nitrogens with two attached hydrogens (primary N) is 1. The second-order valence-electron chi connectivity index (χ2n) is 5.62. The van der Waals surface area contributed by atoms with E-state index in [1.165, 1.54) is 19.3 Å². The van der Waals surface area contributed by atoms with E-state index < -0.39 is 0 Å². The van der Waals surface area contributed by atoms with Gasteiger partial charge in [-0.3, -0.25) is 9.69 Å². The number of carbonyl (C=O) groups is 1. The minimum Gasteiger partial charge on any atom is -0.399 e.